The number of hydrogen-bond donors (Lipinski definition) is 2. The van der Waals surface area contributed by atoms with Crippen molar-refractivity contribution in [1.29, 1.82) is 0 Å². The number of anilines is 1. The average molecular weight is 454 g/mol. The van der Waals surface area contributed by atoms with Gasteiger partial charge in [-0.1, -0.05) is 16.6 Å². The molecule has 2 bridgehead atoms. The number of imide groups is 1. The minimum absolute atomic E-state index is 0.0624. The number of hydrazine groups is 1. The van der Waals surface area contributed by atoms with Crippen molar-refractivity contribution < 1.29 is 37.0 Å². The van der Waals surface area contributed by atoms with Crippen LogP contribution in [0.25, 0.3) is 0 Å². The molecular formula is C16H18N6O8S. The van der Waals surface area contributed by atoms with Crippen molar-refractivity contribution >= 4 is 34.0 Å². The van der Waals surface area contributed by atoms with Crippen molar-refractivity contribution in [3.05, 3.63) is 18.2 Å². The number of rotatable bonds is 6. The Kier molecular flexibility index (Phi) is 5.03. The van der Waals surface area contributed by atoms with E-state index in [0.29, 0.717) is 9.42 Å². The lowest BCUT2D eigenvalue weighted by Gasteiger charge is -2.26. The highest BCUT2D eigenvalue weighted by Crippen LogP contribution is 2.45. The number of nitrogens with one attached hydrogen (secondary N) is 2. The lowest BCUT2D eigenvalue weighted by Crippen LogP contribution is -2.54. The zero-order valence-corrected chi connectivity index (χ0v) is 17.3. The van der Waals surface area contributed by atoms with Gasteiger partial charge in [-0.3, -0.25) is 14.9 Å². The van der Waals surface area contributed by atoms with Crippen LogP contribution in [0.4, 0.5) is 10.7 Å². The van der Waals surface area contributed by atoms with Gasteiger partial charge in [0.1, 0.15) is 0 Å². The van der Waals surface area contributed by atoms with Crippen LogP contribution in [-0.4, -0.2) is 79.1 Å². The van der Waals surface area contributed by atoms with E-state index in [9.17, 15) is 22.8 Å². The van der Waals surface area contributed by atoms with E-state index in [-0.39, 0.29) is 17.7 Å². The van der Waals surface area contributed by atoms with Crippen molar-refractivity contribution in [2.75, 3.05) is 26.6 Å². The highest BCUT2D eigenvalue weighted by molar-refractivity contribution is 7.87. The Bertz CT molecular complexity index is 1040. The van der Waals surface area contributed by atoms with E-state index in [1.807, 2.05) is 0 Å². The SMILES string of the molecule is COc1cc(OC)nc(NC(=O)NS(=O)(=O)N(C)N2C(=O)C3C4C=CC(O4)C3C2=O)n1. The van der Waals surface area contributed by atoms with Crippen LogP contribution in [0.1, 0.15) is 0 Å². The molecule has 1 aromatic heterocycles. The van der Waals surface area contributed by atoms with E-state index in [2.05, 4.69) is 15.3 Å². The molecule has 0 spiro atoms. The molecule has 0 aliphatic carbocycles. The second-order valence-corrected chi connectivity index (χ2v) is 8.44. The van der Waals surface area contributed by atoms with Crippen molar-refractivity contribution in [1.82, 2.24) is 24.1 Å². The lowest BCUT2D eigenvalue weighted by molar-refractivity contribution is -0.152. The first-order chi connectivity index (χ1) is 14.7. The predicted octanol–water partition coefficient (Wildman–Crippen LogP) is -1.35. The standard InChI is InChI=1S/C16H18N6O8S/c1-21(22-13(23)11-7-4-5-8(30-7)12(11)14(22)24)31(26,27)20-16(25)19-15-17-9(28-2)6-10(18-15)29-3/h4-8,11-12H,1-3H3,(H2,17,18,19,20,25). The molecule has 4 amide bonds. The van der Waals surface area contributed by atoms with Crippen LogP contribution >= 0.6 is 0 Å². The molecule has 2 N–H and O–H groups in total. The van der Waals surface area contributed by atoms with E-state index in [0.717, 1.165) is 7.05 Å². The number of aromatic nitrogens is 2. The summed E-state index contributed by atoms with van der Waals surface area (Å²) in [6.07, 6.45) is 2.18. The number of hydrogen-bond acceptors (Lipinski definition) is 10. The fourth-order valence-corrected chi connectivity index (χ4v) is 4.45. The van der Waals surface area contributed by atoms with Crippen LogP contribution in [0, 0.1) is 11.8 Å². The van der Waals surface area contributed by atoms with Gasteiger partial charge in [0, 0.05) is 7.05 Å². The molecule has 14 nitrogen and oxygen atoms in total. The molecule has 2 fully saturated rings. The Balaban J connectivity index is 1.47. The number of methoxy groups -OCH3 is 2. The fourth-order valence-electron chi connectivity index (χ4n) is 3.65. The van der Waals surface area contributed by atoms with E-state index < -0.39 is 52.1 Å². The number of urea groups is 1. The Morgan fingerprint density at radius 1 is 1.10 bits per heavy atom. The van der Waals surface area contributed by atoms with Gasteiger partial charge in [0.2, 0.25) is 17.7 Å². The number of carbonyl (C=O) groups excluding carboxylic acids is 3. The van der Waals surface area contributed by atoms with Crippen molar-refractivity contribution in [2.45, 2.75) is 12.2 Å². The summed E-state index contributed by atoms with van der Waals surface area (Å²) in [6, 6.07) is 0.118. The fraction of sp³-hybridized carbons (Fsp3) is 0.438. The normalized spacial score (nSPS) is 26.4. The van der Waals surface area contributed by atoms with Gasteiger partial charge in [-0.25, -0.2) is 9.52 Å². The maximum atomic E-state index is 12.7. The second kappa shape index (κ2) is 7.44. The molecule has 3 aliphatic rings. The van der Waals surface area contributed by atoms with E-state index in [1.54, 1.807) is 16.9 Å². The van der Waals surface area contributed by atoms with E-state index >= 15 is 0 Å². The third-order valence-electron chi connectivity index (χ3n) is 5.06. The number of nitrogens with zero attached hydrogens (tertiary/aromatic N) is 4. The topological polar surface area (TPSA) is 169 Å². The highest BCUT2D eigenvalue weighted by Gasteiger charge is 2.62. The Labute approximate surface area is 176 Å². The molecule has 31 heavy (non-hydrogen) atoms. The number of ether oxygens (including phenoxy) is 3. The summed E-state index contributed by atoms with van der Waals surface area (Å²) in [4.78, 5) is 45.3. The Morgan fingerprint density at radius 3 is 2.10 bits per heavy atom. The van der Waals surface area contributed by atoms with Crippen LogP contribution in [0.5, 0.6) is 11.8 Å². The van der Waals surface area contributed by atoms with Crippen molar-refractivity contribution in [3.8, 4) is 11.8 Å². The maximum absolute atomic E-state index is 12.7. The maximum Gasteiger partial charge on any atom is 0.336 e. The largest absolute Gasteiger partial charge is 0.481 e. The molecule has 4 unspecified atom stereocenters. The van der Waals surface area contributed by atoms with Gasteiger partial charge in [-0.2, -0.15) is 23.4 Å². The Hall–Kier alpha value is -3.30. The zero-order valence-electron chi connectivity index (χ0n) is 16.5. The molecule has 2 saturated heterocycles. The van der Waals surface area contributed by atoms with Crippen LogP contribution < -0.4 is 19.5 Å². The minimum Gasteiger partial charge on any atom is -0.481 e. The van der Waals surface area contributed by atoms with E-state index in [4.69, 9.17) is 14.2 Å². The quantitative estimate of drug-likeness (QED) is 0.387. The monoisotopic (exact) mass is 454 g/mol. The molecular weight excluding hydrogens is 436 g/mol. The van der Waals surface area contributed by atoms with Gasteiger partial charge in [-0.15, -0.1) is 0 Å². The predicted molar refractivity (Wildman–Crippen MR) is 101 cm³/mol. The lowest BCUT2D eigenvalue weighted by atomic mass is 9.85. The minimum atomic E-state index is -4.63. The molecule has 0 saturated carbocycles. The molecule has 15 heteroatoms. The molecule has 4 heterocycles. The van der Waals surface area contributed by atoms with Gasteiger partial charge in [0.05, 0.1) is 44.3 Å². The molecule has 1 aromatic rings. The smallest absolute Gasteiger partial charge is 0.336 e. The third-order valence-corrected chi connectivity index (χ3v) is 6.36. The number of fused-ring (bicyclic) bond motifs is 5. The number of amides is 4. The molecule has 0 aromatic carbocycles. The van der Waals surface area contributed by atoms with Crippen LogP contribution in [0.3, 0.4) is 0 Å². The summed E-state index contributed by atoms with van der Waals surface area (Å²) in [5, 5.41) is 2.63. The highest BCUT2D eigenvalue weighted by atomic mass is 32.2. The molecule has 166 valence electrons. The van der Waals surface area contributed by atoms with Gasteiger partial charge in [0.15, 0.2) is 0 Å². The summed E-state index contributed by atoms with van der Waals surface area (Å²) in [5.74, 6) is -3.21. The zero-order chi connectivity index (χ0) is 22.5. The summed E-state index contributed by atoms with van der Waals surface area (Å²) in [6.45, 7) is 0. The van der Waals surface area contributed by atoms with Gasteiger partial charge in [0.25, 0.3) is 11.8 Å². The molecule has 0 radical (unpaired) electrons. The van der Waals surface area contributed by atoms with Crippen LogP contribution in [0.2, 0.25) is 0 Å². The molecule has 4 rings (SSSR count). The molecule has 3 aliphatic heterocycles. The van der Waals surface area contributed by atoms with Gasteiger partial charge in [-0.05, 0) is 0 Å². The van der Waals surface area contributed by atoms with E-state index in [1.165, 1.54) is 20.3 Å². The van der Waals surface area contributed by atoms with Gasteiger partial charge < -0.3 is 14.2 Å². The van der Waals surface area contributed by atoms with Gasteiger partial charge >= 0.3 is 16.2 Å². The average Bonchev–Trinajstić information content (AvgIpc) is 3.40. The first kappa shape index (κ1) is 21.0. The summed E-state index contributed by atoms with van der Waals surface area (Å²) >= 11 is 0. The first-order valence-corrected chi connectivity index (χ1v) is 10.4. The summed E-state index contributed by atoms with van der Waals surface area (Å²) in [7, 11) is -0.988. The number of carbonyl (C=O) groups is 3. The van der Waals surface area contributed by atoms with Crippen LogP contribution in [-0.2, 0) is 24.5 Å². The van der Waals surface area contributed by atoms with Crippen LogP contribution in [0.15, 0.2) is 18.2 Å². The Morgan fingerprint density at radius 2 is 1.61 bits per heavy atom. The third kappa shape index (κ3) is 3.45. The second-order valence-electron chi connectivity index (χ2n) is 6.76. The van der Waals surface area contributed by atoms with Crippen molar-refractivity contribution in [3.63, 3.8) is 0 Å². The molecule has 4 atom stereocenters. The summed E-state index contributed by atoms with van der Waals surface area (Å²) < 4.78 is 42.7. The first-order valence-electron chi connectivity index (χ1n) is 8.92. The summed E-state index contributed by atoms with van der Waals surface area (Å²) in [5.41, 5.74) is 0. The van der Waals surface area contributed by atoms with Crippen molar-refractivity contribution in [2.24, 2.45) is 11.8 Å².